The Morgan fingerprint density at radius 2 is 1.73 bits per heavy atom. The lowest BCUT2D eigenvalue weighted by molar-refractivity contribution is -0.115. The molecule has 3 aromatic rings. The molecule has 7 nitrogen and oxygen atoms in total. The van der Waals surface area contributed by atoms with Crippen molar-refractivity contribution in [3.05, 3.63) is 72.3 Å². The van der Waals surface area contributed by atoms with Gasteiger partial charge >= 0.3 is 6.03 Å². The van der Waals surface area contributed by atoms with Crippen LogP contribution in [0.4, 0.5) is 15.0 Å². The van der Waals surface area contributed by atoms with Gasteiger partial charge in [-0.05, 0) is 48.6 Å². The minimum atomic E-state index is -0.371. The predicted octanol–water partition coefficient (Wildman–Crippen LogP) is 4.17. The van der Waals surface area contributed by atoms with Gasteiger partial charge in [0.15, 0.2) is 0 Å². The molecule has 172 valence electrons. The van der Waals surface area contributed by atoms with Gasteiger partial charge in [-0.1, -0.05) is 43.2 Å². The van der Waals surface area contributed by atoms with Crippen molar-refractivity contribution in [3.63, 3.8) is 0 Å². The average Bonchev–Trinajstić information content (AvgIpc) is 3.48. The number of aromatic nitrogens is 2. The quantitative estimate of drug-likeness (QED) is 0.482. The van der Waals surface area contributed by atoms with Gasteiger partial charge in [0.05, 0.1) is 19.4 Å². The SMILES string of the molecule is O=C(CNC(=O)NCC1CCCC1)Nc1c(-c2ccc(F)cc2)ncn1Cc1ccccc1. The zero-order valence-electron chi connectivity index (χ0n) is 18.4. The molecule has 3 N–H and O–H groups in total. The van der Waals surface area contributed by atoms with Crippen LogP contribution in [0.25, 0.3) is 11.3 Å². The second-order valence-electron chi connectivity index (χ2n) is 8.32. The third-order valence-electron chi connectivity index (χ3n) is 5.84. The van der Waals surface area contributed by atoms with E-state index in [1.807, 2.05) is 34.9 Å². The number of urea groups is 1. The van der Waals surface area contributed by atoms with Crippen LogP contribution in [0, 0.1) is 11.7 Å². The van der Waals surface area contributed by atoms with E-state index in [0.717, 1.165) is 18.4 Å². The summed E-state index contributed by atoms with van der Waals surface area (Å²) in [5, 5.41) is 8.33. The summed E-state index contributed by atoms with van der Waals surface area (Å²) in [5.41, 5.74) is 2.26. The number of anilines is 1. The maximum Gasteiger partial charge on any atom is 0.315 e. The minimum absolute atomic E-state index is 0.171. The van der Waals surface area contributed by atoms with E-state index in [9.17, 15) is 14.0 Å². The molecule has 1 aliphatic carbocycles. The Bertz CT molecular complexity index is 1080. The van der Waals surface area contributed by atoms with E-state index in [1.54, 1.807) is 18.5 Å². The molecular formula is C25H28FN5O2. The van der Waals surface area contributed by atoms with Gasteiger partial charge in [-0.15, -0.1) is 0 Å². The molecule has 1 fully saturated rings. The number of nitrogens with one attached hydrogen (secondary N) is 3. The van der Waals surface area contributed by atoms with Crippen molar-refractivity contribution >= 4 is 17.8 Å². The summed E-state index contributed by atoms with van der Waals surface area (Å²) in [6.07, 6.45) is 6.34. The molecule has 1 aliphatic rings. The molecule has 1 heterocycles. The Balaban J connectivity index is 1.43. The zero-order valence-corrected chi connectivity index (χ0v) is 18.4. The van der Waals surface area contributed by atoms with Crippen molar-refractivity contribution in [1.29, 1.82) is 0 Å². The maximum absolute atomic E-state index is 13.4. The van der Waals surface area contributed by atoms with E-state index < -0.39 is 0 Å². The molecule has 1 saturated carbocycles. The van der Waals surface area contributed by atoms with E-state index in [4.69, 9.17) is 0 Å². The highest BCUT2D eigenvalue weighted by atomic mass is 19.1. The Labute approximate surface area is 192 Å². The number of hydrogen-bond acceptors (Lipinski definition) is 3. The monoisotopic (exact) mass is 449 g/mol. The molecular weight excluding hydrogens is 421 g/mol. The Morgan fingerprint density at radius 1 is 1.00 bits per heavy atom. The summed E-state index contributed by atoms with van der Waals surface area (Å²) >= 11 is 0. The van der Waals surface area contributed by atoms with Crippen molar-refractivity contribution in [2.24, 2.45) is 5.92 Å². The van der Waals surface area contributed by atoms with Gasteiger partial charge < -0.3 is 20.5 Å². The molecule has 0 aliphatic heterocycles. The molecule has 0 unspecified atom stereocenters. The highest BCUT2D eigenvalue weighted by Gasteiger charge is 2.18. The number of hydrogen-bond donors (Lipinski definition) is 3. The Hall–Kier alpha value is -3.68. The smallest absolute Gasteiger partial charge is 0.315 e. The van der Waals surface area contributed by atoms with Crippen molar-refractivity contribution in [3.8, 4) is 11.3 Å². The van der Waals surface area contributed by atoms with Gasteiger partial charge in [0, 0.05) is 12.1 Å². The number of halogens is 1. The summed E-state index contributed by atoms with van der Waals surface area (Å²) in [6.45, 7) is 0.960. The summed E-state index contributed by atoms with van der Waals surface area (Å²) in [5.74, 6) is 0.295. The highest BCUT2D eigenvalue weighted by Crippen LogP contribution is 2.28. The third kappa shape index (κ3) is 6.19. The van der Waals surface area contributed by atoms with Crippen LogP contribution in [0.15, 0.2) is 60.9 Å². The first-order valence-corrected chi connectivity index (χ1v) is 11.2. The fourth-order valence-corrected chi connectivity index (χ4v) is 4.08. The van der Waals surface area contributed by atoms with Crippen LogP contribution in [-0.4, -0.2) is 34.6 Å². The molecule has 0 spiro atoms. The van der Waals surface area contributed by atoms with Crippen molar-refractivity contribution < 1.29 is 14.0 Å². The highest BCUT2D eigenvalue weighted by molar-refractivity contribution is 5.96. The van der Waals surface area contributed by atoms with E-state index in [2.05, 4.69) is 20.9 Å². The largest absolute Gasteiger partial charge is 0.338 e. The van der Waals surface area contributed by atoms with Crippen LogP contribution in [0.3, 0.4) is 0 Å². The van der Waals surface area contributed by atoms with E-state index in [-0.39, 0.29) is 24.3 Å². The average molecular weight is 450 g/mol. The molecule has 2 aromatic carbocycles. The number of carbonyl (C=O) groups is 2. The molecule has 1 aromatic heterocycles. The van der Waals surface area contributed by atoms with Crippen LogP contribution in [0.1, 0.15) is 31.2 Å². The van der Waals surface area contributed by atoms with Crippen LogP contribution in [0.2, 0.25) is 0 Å². The van der Waals surface area contributed by atoms with Crippen molar-refractivity contribution in [2.45, 2.75) is 32.2 Å². The van der Waals surface area contributed by atoms with E-state index >= 15 is 0 Å². The van der Waals surface area contributed by atoms with Gasteiger partial charge in [0.25, 0.3) is 0 Å². The van der Waals surface area contributed by atoms with Crippen LogP contribution < -0.4 is 16.0 Å². The summed E-state index contributed by atoms with van der Waals surface area (Å²) < 4.78 is 15.2. The molecule has 0 atom stereocenters. The molecule has 0 saturated heterocycles. The number of benzene rings is 2. The zero-order chi connectivity index (χ0) is 23.0. The molecule has 0 bridgehead atoms. The van der Waals surface area contributed by atoms with E-state index in [0.29, 0.717) is 36.1 Å². The minimum Gasteiger partial charge on any atom is -0.338 e. The maximum atomic E-state index is 13.4. The van der Waals surface area contributed by atoms with E-state index in [1.165, 1.54) is 25.0 Å². The lowest BCUT2D eigenvalue weighted by atomic mass is 10.1. The normalized spacial score (nSPS) is 13.6. The van der Waals surface area contributed by atoms with Crippen LogP contribution in [-0.2, 0) is 11.3 Å². The molecule has 4 rings (SSSR count). The summed E-state index contributed by atoms with van der Waals surface area (Å²) in [6, 6.07) is 15.4. The molecule has 3 amide bonds. The first-order valence-electron chi connectivity index (χ1n) is 11.2. The fraction of sp³-hybridized carbons (Fsp3) is 0.320. The first-order chi connectivity index (χ1) is 16.1. The van der Waals surface area contributed by atoms with Gasteiger partial charge in [-0.3, -0.25) is 4.79 Å². The predicted molar refractivity (Wildman–Crippen MR) is 125 cm³/mol. The first kappa shape index (κ1) is 22.5. The number of nitrogens with zero attached hydrogens (tertiary/aromatic N) is 2. The van der Waals surface area contributed by atoms with Gasteiger partial charge in [-0.25, -0.2) is 14.2 Å². The Kier molecular flexibility index (Phi) is 7.34. The van der Waals surface area contributed by atoms with Gasteiger partial charge in [0.2, 0.25) is 5.91 Å². The molecule has 33 heavy (non-hydrogen) atoms. The topological polar surface area (TPSA) is 88.1 Å². The lowest BCUT2D eigenvalue weighted by Crippen LogP contribution is -2.41. The standard InChI is InChI=1S/C25H28FN5O2/c26-21-12-10-20(11-13-21)23-24(31(17-29-23)16-19-8-2-1-3-9-19)30-22(32)15-28-25(33)27-14-18-6-4-5-7-18/h1-3,8-13,17-18H,4-7,14-16H2,(H,30,32)(H2,27,28,33). The molecule has 8 heteroatoms. The second-order valence-corrected chi connectivity index (χ2v) is 8.32. The van der Waals surface area contributed by atoms with Crippen LogP contribution >= 0.6 is 0 Å². The van der Waals surface area contributed by atoms with Crippen LogP contribution in [0.5, 0.6) is 0 Å². The van der Waals surface area contributed by atoms with Crippen molar-refractivity contribution in [2.75, 3.05) is 18.4 Å². The second kappa shape index (κ2) is 10.8. The van der Waals surface area contributed by atoms with Crippen molar-refractivity contribution in [1.82, 2.24) is 20.2 Å². The van der Waals surface area contributed by atoms with Gasteiger partial charge in [0.1, 0.15) is 17.3 Å². The molecule has 0 radical (unpaired) electrons. The number of imidazole rings is 1. The Morgan fingerprint density at radius 3 is 2.45 bits per heavy atom. The number of amides is 3. The number of carbonyl (C=O) groups excluding carboxylic acids is 2. The summed E-state index contributed by atoms with van der Waals surface area (Å²) in [4.78, 5) is 29.2. The third-order valence-corrected chi connectivity index (χ3v) is 5.84. The number of rotatable bonds is 8. The fourth-order valence-electron chi connectivity index (χ4n) is 4.08. The summed E-state index contributed by atoms with van der Waals surface area (Å²) in [7, 11) is 0. The van der Waals surface area contributed by atoms with Gasteiger partial charge in [-0.2, -0.15) is 0 Å². The lowest BCUT2D eigenvalue weighted by Gasteiger charge is -2.14.